The molecule has 2 aromatic carbocycles. The molecular formula is C18H21ClN2O3S. The molecule has 2 rings (SSSR count). The van der Waals surface area contributed by atoms with Crippen molar-refractivity contribution in [2.75, 3.05) is 18.9 Å². The van der Waals surface area contributed by atoms with Crippen molar-refractivity contribution in [1.29, 1.82) is 0 Å². The molecule has 134 valence electrons. The summed E-state index contributed by atoms with van der Waals surface area (Å²) in [4.78, 5) is 12.4. The summed E-state index contributed by atoms with van der Waals surface area (Å²) in [7, 11) is -2.42. The Labute approximate surface area is 153 Å². The topological polar surface area (TPSA) is 66.5 Å². The summed E-state index contributed by atoms with van der Waals surface area (Å²) in [5.74, 6) is -0.392. The largest absolute Gasteiger partial charge is 0.324 e. The van der Waals surface area contributed by atoms with Crippen molar-refractivity contribution in [2.24, 2.45) is 0 Å². The number of nitrogens with one attached hydrogen (secondary N) is 1. The first-order chi connectivity index (χ1) is 11.8. The SMILES string of the molecule is CCc1cccc(C)c1NC(=O)CN(C)S(=O)(=O)c1cccc(Cl)c1. The van der Waals surface area contributed by atoms with Gasteiger partial charge in [0, 0.05) is 17.8 Å². The number of halogens is 1. The van der Waals surface area contributed by atoms with E-state index in [0.29, 0.717) is 5.02 Å². The molecule has 0 heterocycles. The molecular weight excluding hydrogens is 360 g/mol. The third-order valence-corrected chi connectivity index (χ3v) is 5.91. The van der Waals surface area contributed by atoms with E-state index in [9.17, 15) is 13.2 Å². The van der Waals surface area contributed by atoms with Crippen LogP contribution in [-0.4, -0.2) is 32.2 Å². The number of aryl methyl sites for hydroxylation is 2. The number of benzene rings is 2. The summed E-state index contributed by atoms with van der Waals surface area (Å²) in [5, 5.41) is 3.15. The number of anilines is 1. The van der Waals surface area contributed by atoms with Crippen molar-refractivity contribution >= 4 is 33.2 Å². The first-order valence-corrected chi connectivity index (χ1v) is 9.67. The van der Waals surface area contributed by atoms with Gasteiger partial charge in [-0.15, -0.1) is 0 Å². The molecule has 0 aliphatic carbocycles. The number of carbonyl (C=O) groups is 1. The van der Waals surface area contributed by atoms with Gasteiger partial charge >= 0.3 is 0 Å². The van der Waals surface area contributed by atoms with Gasteiger partial charge in [-0.2, -0.15) is 4.31 Å². The second-order valence-electron chi connectivity index (χ2n) is 5.73. The van der Waals surface area contributed by atoms with Crippen molar-refractivity contribution in [3.8, 4) is 0 Å². The third kappa shape index (κ3) is 4.60. The molecule has 25 heavy (non-hydrogen) atoms. The van der Waals surface area contributed by atoms with E-state index in [4.69, 9.17) is 11.6 Å². The lowest BCUT2D eigenvalue weighted by molar-refractivity contribution is -0.116. The molecule has 0 atom stereocenters. The molecule has 0 aliphatic heterocycles. The van der Waals surface area contributed by atoms with E-state index in [1.54, 1.807) is 12.1 Å². The monoisotopic (exact) mass is 380 g/mol. The normalized spacial score (nSPS) is 11.6. The highest BCUT2D eigenvalue weighted by Gasteiger charge is 2.23. The van der Waals surface area contributed by atoms with E-state index in [0.717, 1.165) is 27.5 Å². The van der Waals surface area contributed by atoms with Crippen LogP contribution in [0.1, 0.15) is 18.1 Å². The van der Waals surface area contributed by atoms with Crippen LogP contribution >= 0.6 is 11.6 Å². The van der Waals surface area contributed by atoms with Gasteiger partial charge < -0.3 is 5.32 Å². The minimum Gasteiger partial charge on any atom is -0.324 e. The van der Waals surface area contributed by atoms with Gasteiger partial charge in [-0.1, -0.05) is 42.8 Å². The molecule has 0 radical (unpaired) electrons. The quantitative estimate of drug-likeness (QED) is 0.834. The zero-order valence-corrected chi connectivity index (χ0v) is 16.0. The van der Waals surface area contributed by atoms with Crippen LogP contribution in [0.2, 0.25) is 5.02 Å². The predicted molar refractivity (Wildman–Crippen MR) is 100 cm³/mol. The first-order valence-electron chi connectivity index (χ1n) is 7.86. The van der Waals surface area contributed by atoms with Crippen LogP contribution in [0.25, 0.3) is 0 Å². The molecule has 0 fully saturated rings. The van der Waals surface area contributed by atoms with Crippen molar-refractivity contribution in [1.82, 2.24) is 4.31 Å². The van der Waals surface area contributed by atoms with E-state index in [2.05, 4.69) is 5.32 Å². The number of rotatable bonds is 6. The fourth-order valence-electron chi connectivity index (χ4n) is 2.48. The Balaban J connectivity index is 2.15. The standard InChI is InChI=1S/C18H21ClN2O3S/c1-4-14-8-5-7-13(2)18(14)20-17(22)12-21(3)25(23,24)16-10-6-9-15(19)11-16/h5-11H,4,12H2,1-3H3,(H,20,22). The molecule has 2 aromatic rings. The van der Waals surface area contributed by atoms with Gasteiger partial charge in [0.2, 0.25) is 15.9 Å². The van der Waals surface area contributed by atoms with E-state index in [1.165, 1.54) is 19.2 Å². The van der Waals surface area contributed by atoms with E-state index >= 15 is 0 Å². The number of para-hydroxylation sites is 1. The Bertz CT molecular complexity index is 882. The van der Waals surface area contributed by atoms with Crippen molar-refractivity contribution in [3.05, 3.63) is 58.6 Å². The minimum atomic E-state index is -3.79. The number of nitrogens with zero attached hydrogens (tertiary/aromatic N) is 1. The number of hydrogen-bond acceptors (Lipinski definition) is 3. The van der Waals surface area contributed by atoms with Crippen molar-refractivity contribution in [3.63, 3.8) is 0 Å². The fourth-order valence-corrected chi connectivity index (χ4v) is 3.90. The molecule has 0 saturated heterocycles. The summed E-state index contributed by atoms with van der Waals surface area (Å²) in [5.41, 5.74) is 2.69. The Hall–Kier alpha value is -1.89. The number of sulfonamides is 1. The van der Waals surface area contributed by atoms with Gasteiger partial charge in [-0.3, -0.25) is 4.79 Å². The van der Waals surface area contributed by atoms with Crippen LogP contribution in [0.5, 0.6) is 0 Å². The van der Waals surface area contributed by atoms with Crippen LogP contribution in [0, 0.1) is 6.92 Å². The van der Waals surface area contributed by atoms with Crippen molar-refractivity contribution < 1.29 is 13.2 Å². The number of hydrogen-bond donors (Lipinski definition) is 1. The lowest BCUT2D eigenvalue weighted by Gasteiger charge is -2.18. The average Bonchev–Trinajstić information content (AvgIpc) is 2.56. The highest BCUT2D eigenvalue weighted by molar-refractivity contribution is 7.89. The first kappa shape index (κ1) is 19.4. The Morgan fingerprint density at radius 2 is 1.88 bits per heavy atom. The van der Waals surface area contributed by atoms with Crippen LogP contribution in [-0.2, 0) is 21.2 Å². The van der Waals surface area contributed by atoms with Gasteiger partial charge in [-0.25, -0.2) is 8.42 Å². The zero-order chi connectivity index (χ0) is 18.6. The molecule has 7 heteroatoms. The maximum absolute atomic E-state index is 12.5. The van der Waals surface area contributed by atoms with Crippen LogP contribution in [0.15, 0.2) is 47.4 Å². The molecule has 1 amide bonds. The molecule has 5 nitrogen and oxygen atoms in total. The summed E-state index contributed by atoms with van der Waals surface area (Å²) in [6.07, 6.45) is 0.772. The molecule has 0 spiro atoms. The summed E-state index contributed by atoms with van der Waals surface area (Å²) < 4.78 is 26.1. The van der Waals surface area contributed by atoms with E-state index in [1.807, 2.05) is 32.0 Å². The van der Waals surface area contributed by atoms with Gasteiger partial charge in [0.25, 0.3) is 0 Å². The minimum absolute atomic E-state index is 0.0560. The van der Waals surface area contributed by atoms with Gasteiger partial charge in [0.05, 0.1) is 11.4 Å². The average molecular weight is 381 g/mol. The van der Waals surface area contributed by atoms with Gasteiger partial charge in [0.1, 0.15) is 0 Å². The number of carbonyl (C=O) groups excluding carboxylic acids is 1. The zero-order valence-electron chi connectivity index (χ0n) is 14.4. The molecule has 1 N–H and O–H groups in total. The molecule has 0 unspecified atom stereocenters. The molecule has 0 aliphatic rings. The molecule has 0 saturated carbocycles. The maximum atomic E-state index is 12.5. The smallest absolute Gasteiger partial charge is 0.243 e. The number of amides is 1. The van der Waals surface area contributed by atoms with Crippen LogP contribution in [0.4, 0.5) is 5.69 Å². The lowest BCUT2D eigenvalue weighted by Crippen LogP contribution is -2.35. The van der Waals surface area contributed by atoms with Crippen LogP contribution < -0.4 is 5.32 Å². The van der Waals surface area contributed by atoms with Gasteiger partial charge in [-0.05, 0) is 42.7 Å². The Kier molecular flexibility index (Phi) is 6.21. The van der Waals surface area contributed by atoms with Crippen molar-refractivity contribution in [2.45, 2.75) is 25.2 Å². The second kappa shape index (κ2) is 7.99. The summed E-state index contributed by atoms with van der Waals surface area (Å²) in [6, 6.07) is 11.7. The highest BCUT2D eigenvalue weighted by atomic mass is 35.5. The van der Waals surface area contributed by atoms with Gasteiger partial charge in [0.15, 0.2) is 0 Å². The second-order valence-corrected chi connectivity index (χ2v) is 8.21. The Morgan fingerprint density at radius 1 is 1.20 bits per heavy atom. The lowest BCUT2D eigenvalue weighted by atomic mass is 10.1. The third-order valence-electron chi connectivity index (χ3n) is 3.87. The fraction of sp³-hybridized carbons (Fsp3) is 0.278. The van der Waals surface area contributed by atoms with E-state index < -0.39 is 15.9 Å². The maximum Gasteiger partial charge on any atom is 0.243 e. The molecule has 0 bridgehead atoms. The highest BCUT2D eigenvalue weighted by Crippen LogP contribution is 2.22. The number of likely N-dealkylation sites (N-methyl/N-ethyl adjacent to an activating group) is 1. The van der Waals surface area contributed by atoms with E-state index in [-0.39, 0.29) is 11.4 Å². The predicted octanol–water partition coefficient (Wildman–Crippen LogP) is 3.47. The van der Waals surface area contributed by atoms with Crippen LogP contribution in [0.3, 0.4) is 0 Å². The summed E-state index contributed by atoms with van der Waals surface area (Å²) >= 11 is 5.86. The molecule has 0 aromatic heterocycles. The Morgan fingerprint density at radius 3 is 2.52 bits per heavy atom. The summed E-state index contributed by atoms with van der Waals surface area (Å²) in [6.45, 7) is 3.62.